The Labute approximate surface area is 159 Å². The minimum atomic E-state index is -0.984. The van der Waals surface area contributed by atoms with Gasteiger partial charge in [-0.3, -0.25) is 0 Å². The third kappa shape index (κ3) is 3.47. The summed E-state index contributed by atoms with van der Waals surface area (Å²) in [6.07, 6.45) is 4.68. The minimum absolute atomic E-state index is 0.0949. The van der Waals surface area contributed by atoms with Crippen LogP contribution < -0.4 is 0 Å². The van der Waals surface area contributed by atoms with E-state index in [1.54, 1.807) is 12.3 Å². The van der Waals surface area contributed by atoms with Gasteiger partial charge in [0, 0.05) is 48.8 Å². The fourth-order valence-electron chi connectivity index (χ4n) is 4.06. The summed E-state index contributed by atoms with van der Waals surface area (Å²) in [6, 6.07) is 10.2. The van der Waals surface area contributed by atoms with Crippen LogP contribution in [0.5, 0.6) is 0 Å². The van der Waals surface area contributed by atoms with E-state index in [0.29, 0.717) is 0 Å². The molecule has 3 aromatic rings. The van der Waals surface area contributed by atoms with E-state index >= 15 is 0 Å². The SMILES string of the molecule is Cc1ccc2c(c1)c1c(n2CCc2ccc(C(=O)O)nc2)CCN(C)CC1. The molecule has 0 unspecified atom stereocenters. The first kappa shape index (κ1) is 17.7. The second kappa shape index (κ2) is 7.16. The Bertz CT molecular complexity index is 989. The summed E-state index contributed by atoms with van der Waals surface area (Å²) >= 11 is 0. The highest BCUT2D eigenvalue weighted by Crippen LogP contribution is 2.30. The number of aromatic carboxylic acids is 1. The van der Waals surface area contributed by atoms with Gasteiger partial charge in [0.15, 0.2) is 0 Å². The molecule has 140 valence electrons. The van der Waals surface area contributed by atoms with Crippen molar-refractivity contribution in [1.82, 2.24) is 14.5 Å². The number of benzene rings is 1. The first-order valence-corrected chi connectivity index (χ1v) is 9.50. The van der Waals surface area contributed by atoms with Crippen molar-refractivity contribution in [3.05, 3.63) is 64.6 Å². The first-order chi connectivity index (χ1) is 13.0. The lowest BCUT2D eigenvalue weighted by molar-refractivity contribution is 0.0690. The lowest BCUT2D eigenvalue weighted by Gasteiger charge is -2.14. The molecule has 0 amide bonds. The number of carboxylic acids is 1. The van der Waals surface area contributed by atoms with Gasteiger partial charge in [-0.2, -0.15) is 0 Å². The van der Waals surface area contributed by atoms with Gasteiger partial charge >= 0.3 is 5.97 Å². The van der Waals surface area contributed by atoms with E-state index in [-0.39, 0.29) is 5.69 Å². The monoisotopic (exact) mass is 363 g/mol. The number of hydrogen-bond acceptors (Lipinski definition) is 3. The largest absolute Gasteiger partial charge is 0.477 e. The van der Waals surface area contributed by atoms with Gasteiger partial charge in [-0.25, -0.2) is 9.78 Å². The third-order valence-electron chi connectivity index (χ3n) is 5.58. The van der Waals surface area contributed by atoms with Crippen LogP contribution in [0.4, 0.5) is 0 Å². The van der Waals surface area contributed by atoms with Crippen molar-refractivity contribution < 1.29 is 9.90 Å². The Morgan fingerprint density at radius 2 is 2.00 bits per heavy atom. The number of carboxylic acid groups (broad SMARTS) is 1. The standard InChI is InChI=1S/C22H25N3O2/c1-15-3-6-20-18(13-15)17-8-10-24(2)11-9-21(17)25(20)12-7-16-4-5-19(22(26)27)23-14-16/h3-6,13-14H,7-12H2,1-2H3,(H,26,27). The van der Waals surface area contributed by atoms with Crippen molar-refractivity contribution in [2.75, 3.05) is 20.1 Å². The molecule has 0 aliphatic carbocycles. The molecule has 1 aliphatic rings. The maximum absolute atomic E-state index is 11.0. The normalized spacial score (nSPS) is 14.9. The molecule has 0 fully saturated rings. The number of fused-ring (bicyclic) bond motifs is 3. The van der Waals surface area contributed by atoms with E-state index in [2.05, 4.69) is 46.6 Å². The molecule has 0 saturated heterocycles. The molecule has 0 spiro atoms. The molecule has 4 rings (SSSR count). The topological polar surface area (TPSA) is 58.4 Å². The van der Waals surface area contributed by atoms with Crippen LogP contribution in [-0.2, 0) is 25.8 Å². The average Bonchev–Trinajstić information content (AvgIpc) is 2.80. The van der Waals surface area contributed by atoms with Gasteiger partial charge in [0.2, 0.25) is 0 Å². The Hall–Kier alpha value is -2.66. The number of aryl methyl sites for hydroxylation is 3. The molecular weight excluding hydrogens is 338 g/mol. The molecule has 1 aliphatic heterocycles. The molecule has 0 saturated carbocycles. The zero-order valence-corrected chi connectivity index (χ0v) is 15.9. The molecule has 0 radical (unpaired) electrons. The number of rotatable bonds is 4. The van der Waals surface area contributed by atoms with Gasteiger partial charge in [-0.15, -0.1) is 0 Å². The molecule has 1 N–H and O–H groups in total. The second-order valence-electron chi connectivity index (χ2n) is 7.51. The smallest absolute Gasteiger partial charge is 0.354 e. The molecule has 0 atom stereocenters. The molecule has 27 heavy (non-hydrogen) atoms. The Kier molecular flexibility index (Phi) is 4.70. The highest BCUT2D eigenvalue weighted by molar-refractivity contribution is 5.86. The molecule has 5 nitrogen and oxygen atoms in total. The van der Waals surface area contributed by atoms with Gasteiger partial charge in [-0.05, 0) is 56.1 Å². The fraction of sp³-hybridized carbons (Fsp3) is 0.364. The lowest BCUT2D eigenvalue weighted by Crippen LogP contribution is -2.21. The van der Waals surface area contributed by atoms with Crippen LogP contribution in [0, 0.1) is 6.92 Å². The van der Waals surface area contributed by atoms with Gasteiger partial charge in [-0.1, -0.05) is 17.7 Å². The van der Waals surface area contributed by atoms with Crippen LogP contribution in [0.15, 0.2) is 36.5 Å². The van der Waals surface area contributed by atoms with Gasteiger partial charge < -0.3 is 14.6 Å². The number of pyridine rings is 1. The number of likely N-dealkylation sites (N-methyl/N-ethyl adjacent to an activating group) is 1. The van der Waals surface area contributed by atoms with Gasteiger partial charge in [0.1, 0.15) is 5.69 Å². The molecule has 3 heterocycles. The van der Waals surface area contributed by atoms with E-state index in [4.69, 9.17) is 5.11 Å². The number of carbonyl (C=O) groups is 1. The van der Waals surface area contributed by atoms with E-state index < -0.39 is 5.97 Å². The maximum atomic E-state index is 11.0. The van der Waals surface area contributed by atoms with Crippen LogP contribution in [0.1, 0.15) is 32.9 Å². The predicted molar refractivity (Wildman–Crippen MR) is 106 cm³/mol. The average molecular weight is 363 g/mol. The van der Waals surface area contributed by atoms with Crippen LogP contribution in [0.3, 0.4) is 0 Å². The van der Waals surface area contributed by atoms with Crippen molar-refractivity contribution >= 4 is 16.9 Å². The summed E-state index contributed by atoms with van der Waals surface area (Å²) in [4.78, 5) is 17.4. The summed E-state index contributed by atoms with van der Waals surface area (Å²) in [6.45, 7) is 5.21. The van der Waals surface area contributed by atoms with Crippen LogP contribution in [0.25, 0.3) is 10.9 Å². The van der Waals surface area contributed by atoms with E-state index in [1.807, 2.05) is 6.07 Å². The molecular formula is C22H25N3O2. The van der Waals surface area contributed by atoms with E-state index in [9.17, 15) is 4.79 Å². The lowest BCUT2D eigenvalue weighted by atomic mass is 10.1. The molecule has 1 aromatic carbocycles. The van der Waals surface area contributed by atoms with Crippen molar-refractivity contribution in [3.8, 4) is 0 Å². The molecule has 2 aromatic heterocycles. The van der Waals surface area contributed by atoms with Crippen LogP contribution >= 0.6 is 0 Å². The number of nitrogens with zero attached hydrogens (tertiary/aromatic N) is 3. The second-order valence-corrected chi connectivity index (χ2v) is 7.51. The fourth-order valence-corrected chi connectivity index (χ4v) is 4.06. The van der Waals surface area contributed by atoms with Gasteiger partial charge in [0.05, 0.1) is 0 Å². The van der Waals surface area contributed by atoms with Crippen LogP contribution in [0.2, 0.25) is 0 Å². The predicted octanol–water partition coefficient (Wildman–Crippen LogP) is 3.32. The van der Waals surface area contributed by atoms with Crippen molar-refractivity contribution in [3.63, 3.8) is 0 Å². The summed E-state index contributed by atoms with van der Waals surface area (Å²) < 4.78 is 2.47. The summed E-state index contributed by atoms with van der Waals surface area (Å²) in [5.74, 6) is -0.984. The first-order valence-electron chi connectivity index (χ1n) is 9.50. The van der Waals surface area contributed by atoms with Crippen LogP contribution in [-0.4, -0.2) is 45.7 Å². The van der Waals surface area contributed by atoms with E-state index in [0.717, 1.165) is 44.5 Å². The highest BCUT2D eigenvalue weighted by Gasteiger charge is 2.20. The maximum Gasteiger partial charge on any atom is 0.354 e. The van der Waals surface area contributed by atoms with Gasteiger partial charge in [0.25, 0.3) is 0 Å². The molecule has 0 bridgehead atoms. The van der Waals surface area contributed by atoms with E-state index in [1.165, 1.54) is 27.7 Å². The number of hydrogen-bond donors (Lipinski definition) is 1. The number of aromatic nitrogens is 2. The van der Waals surface area contributed by atoms with Crippen molar-refractivity contribution in [1.29, 1.82) is 0 Å². The third-order valence-corrected chi connectivity index (χ3v) is 5.58. The Morgan fingerprint density at radius 1 is 1.19 bits per heavy atom. The Balaban J connectivity index is 1.67. The quantitative estimate of drug-likeness (QED) is 0.773. The zero-order valence-electron chi connectivity index (χ0n) is 15.9. The summed E-state index contributed by atoms with van der Waals surface area (Å²) in [5, 5.41) is 10.4. The molecule has 5 heteroatoms. The summed E-state index contributed by atoms with van der Waals surface area (Å²) in [5.41, 5.74) is 6.72. The minimum Gasteiger partial charge on any atom is -0.477 e. The van der Waals surface area contributed by atoms with Crippen molar-refractivity contribution in [2.45, 2.75) is 32.7 Å². The van der Waals surface area contributed by atoms with Crippen molar-refractivity contribution in [2.24, 2.45) is 0 Å². The Morgan fingerprint density at radius 3 is 2.74 bits per heavy atom. The zero-order chi connectivity index (χ0) is 19.0. The summed E-state index contributed by atoms with van der Waals surface area (Å²) in [7, 11) is 2.19. The highest BCUT2D eigenvalue weighted by atomic mass is 16.4.